The lowest BCUT2D eigenvalue weighted by molar-refractivity contribution is 0.520. The van der Waals surface area contributed by atoms with Gasteiger partial charge in [0.25, 0.3) is 0 Å². The highest BCUT2D eigenvalue weighted by Gasteiger charge is 2.23. The van der Waals surface area contributed by atoms with Crippen molar-refractivity contribution in [3.63, 3.8) is 0 Å². The normalized spacial score (nSPS) is 23.4. The van der Waals surface area contributed by atoms with Gasteiger partial charge in [-0.05, 0) is 43.2 Å². The van der Waals surface area contributed by atoms with Crippen molar-refractivity contribution in [1.82, 2.24) is 10.7 Å². The molecule has 1 aromatic rings. The predicted octanol–water partition coefficient (Wildman–Crippen LogP) is 1.12. The highest BCUT2D eigenvalue weighted by molar-refractivity contribution is 5.79. The first-order valence-corrected chi connectivity index (χ1v) is 6.73. The summed E-state index contributed by atoms with van der Waals surface area (Å²) in [7, 11) is 0. The van der Waals surface area contributed by atoms with Crippen LogP contribution in [-0.2, 0) is 12.8 Å². The van der Waals surface area contributed by atoms with E-state index in [0.29, 0.717) is 12.1 Å². The van der Waals surface area contributed by atoms with E-state index in [0.717, 1.165) is 25.2 Å². The van der Waals surface area contributed by atoms with Gasteiger partial charge in [-0.25, -0.2) is 10.8 Å². The Bertz CT molecular complexity index is 451. The smallest absolute Gasteiger partial charge is 0.206 e. The second-order valence-corrected chi connectivity index (χ2v) is 5.21. The molecule has 0 aliphatic heterocycles. The van der Waals surface area contributed by atoms with Gasteiger partial charge in [0.2, 0.25) is 5.96 Å². The van der Waals surface area contributed by atoms with Gasteiger partial charge < -0.3 is 5.32 Å². The monoisotopic (exact) mass is 244 g/mol. The highest BCUT2D eigenvalue weighted by Crippen LogP contribution is 2.24. The zero-order valence-electron chi connectivity index (χ0n) is 10.5. The molecule has 2 aliphatic carbocycles. The number of hydrogen-bond acceptors (Lipinski definition) is 2. The number of hydrazine groups is 1. The van der Waals surface area contributed by atoms with Crippen LogP contribution < -0.4 is 16.6 Å². The Labute approximate surface area is 108 Å². The number of aliphatic imine (C=N–C) groups is 1. The van der Waals surface area contributed by atoms with Crippen molar-refractivity contribution in [2.75, 3.05) is 0 Å². The molecular formula is C14H20N4. The first kappa shape index (κ1) is 11.5. The van der Waals surface area contributed by atoms with Crippen molar-refractivity contribution in [3.05, 3.63) is 35.4 Å². The van der Waals surface area contributed by atoms with Crippen molar-refractivity contribution in [2.45, 2.75) is 44.2 Å². The lowest BCUT2D eigenvalue weighted by Gasteiger charge is -2.26. The van der Waals surface area contributed by atoms with Gasteiger partial charge in [0.05, 0.1) is 6.04 Å². The summed E-state index contributed by atoms with van der Waals surface area (Å²) < 4.78 is 0. The Balaban J connectivity index is 1.65. The Hall–Kier alpha value is -1.55. The molecule has 1 atom stereocenters. The second-order valence-electron chi connectivity index (χ2n) is 5.21. The maximum Gasteiger partial charge on any atom is 0.206 e. The molecule has 0 aromatic heterocycles. The summed E-state index contributed by atoms with van der Waals surface area (Å²) in [6, 6.07) is 9.60. The minimum atomic E-state index is 0.438. The molecule has 4 N–H and O–H groups in total. The lowest BCUT2D eigenvalue weighted by Crippen LogP contribution is -2.48. The first-order chi connectivity index (χ1) is 8.85. The van der Waals surface area contributed by atoms with Gasteiger partial charge in [0, 0.05) is 6.04 Å². The Morgan fingerprint density at radius 3 is 2.67 bits per heavy atom. The summed E-state index contributed by atoms with van der Waals surface area (Å²) in [6.45, 7) is 0. The molecule has 1 saturated carbocycles. The zero-order valence-corrected chi connectivity index (χ0v) is 10.5. The summed E-state index contributed by atoms with van der Waals surface area (Å²) in [5.74, 6) is 6.27. The molecule has 0 saturated heterocycles. The zero-order chi connectivity index (χ0) is 12.4. The molecule has 1 unspecified atom stereocenters. The van der Waals surface area contributed by atoms with Gasteiger partial charge in [0.1, 0.15) is 0 Å². The summed E-state index contributed by atoms with van der Waals surface area (Å²) >= 11 is 0. The molecule has 0 spiro atoms. The van der Waals surface area contributed by atoms with Gasteiger partial charge in [0.15, 0.2) is 0 Å². The van der Waals surface area contributed by atoms with Gasteiger partial charge in [-0.1, -0.05) is 24.3 Å². The molecule has 0 radical (unpaired) electrons. The van der Waals surface area contributed by atoms with E-state index in [4.69, 9.17) is 5.84 Å². The van der Waals surface area contributed by atoms with Crippen LogP contribution in [0.4, 0.5) is 0 Å². The molecular weight excluding hydrogens is 224 g/mol. The largest absolute Gasteiger partial charge is 0.352 e. The highest BCUT2D eigenvalue weighted by atomic mass is 15.3. The summed E-state index contributed by atoms with van der Waals surface area (Å²) in [5.41, 5.74) is 5.62. The van der Waals surface area contributed by atoms with Crippen molar-refractivity contribution in [3.8, 4) is 0 Å². The molecule has 4 nitrogen and oxygen atoms in total. The molecule has 0 amide bonds. The van der Waals surface area contributed by atoms with E-state index in [-0.39, 0.29) is 0 Å². The molecule has 0 bridgehead atoms. The van der Waals surface area contributed by atoms with Gasteiger partial charge in [-0.15, -0.1) is 0 Å². The van der Waals surface area contributed by atoms with E-state index in [1.165, 1.54) is 24.0 Å². The number of hydrogen-bond donors (Lipinski definition) is 3. The number of rotatable bonds is 2. The topological polar surface area (TPSA) is 62.4 Å². The van der Waals surface area contributed by atoms with Crippen LogP contribution in [0.5, 0.6) is 0 Å². The number of benzene rings is 1. The second kappa shape index (κ2) is 4.98. The van der Waals surface area contributed by atoms with Crippen molar-refractivity contribution in [1.29, 1.82) is 0 Å². The fourth-order valence-electron chi connectivity index (χ4n) is 2.52. The van der Waals surface area contributed by atoms with Crippen molar-refractivity contribution in [2.24, 2.45) is 10.8 Å². The maximum atomic E-state index is 5.52. The van der Waals surface area contributed by atoms with Crippen LogP contribution in [0.1, 0.15) is 30.4 Å². The van der Waals surface area contributed by atoms with E-state index >= 15 is 0 Å². The molecule has 3 rings (SSSR count). The van der Waals surface area contributed by atoms with E-state index < -0.39 is 0 Å². The van der Waals surface area contributed by atoms with E-state index in [1.54, 1.807) is 0 Å². The Kier molecular flexibility index (Phi) is 3.19. The minimum absolute atomic E-state index is 0.438. The summed E-state index contributed by atoms with van der Waals surface area (Å²) in [5, 5.41) is 3.43. The SMILES string of the molecule is NNC(=NC1CC1)NC1CCc2ccccc2C1. The molecule has 18 heavy (non-hydrogen) atoms. The van der Waals surface area contributed by atoms with Gasteiger partial charge >= 0.3 is 0 Å². The minimum Gasteiger partial charge on any atom is -0.352 e. The molecule has 0 heterocycles. The summed E-state index contributed by atoms with van der Waals surface area (Å²) in [4.78, 5) is 4.53. The van der Waals surface area contributed by atoms with E-state index in [1.807, 2.05) is 0 Å². The molecule has 1 aromatic carbocycles. The van der Waals surface area contributed by atoms with Crippen LogP contribution in [0.25, 0.3) is 0 Å². The number of nitrogens with two attached hydrogens (primary N) is 1. The first-order valence-electron chi connectivity index (χ1n) is 6.73. The van der Waals surface area contributed by atoms with Crippen LogP contribution in [0, 0.1) is 0 Å². The average molecular weight is 244 g/mol. The van der Waals surface area contributed by atoms with Gasteiger partial charge in [-0.2, -0.15) is 0 Å². The standard InChI is InChI=1S/C14H20N4/c15-18-14(16-12-7-8-12)17-13-6-5-10-3-1-2-4-11(10)9-13/h1-4,12-13H,5-9,15H2,(H2,16,17,18). The quantitative estimate of drug-likeness (QED) is 0.316. The fraction of sp³-hybridized carbons (Fsp3) is 0.500. The summed E-state index contributed by atoms with van der Waals surface area (Å²) in [6.07, 6.45) is 5.72. The van der Waals surface area contributed by atoms with Crippen LogP contribution in [0.3, 0.4) is 0 Å². The number of nitrogens with one attached hydrogen (secondary N) is 2. The maximum absolute atomic E-state index is 5.52. The third kappa shape index (κ3) is 2.64. The predicted molar refractivity (Wildman–Crippen MR) is 73.2 cm³/mol. The molecule has 96 valence electrons. The van der Waals surface area contributed by atoms with Crippen molar-refractivity contribution >= 4 is 5.96 Å². The molecule has 2 aliphatic rings. The molecule has 1 fully saturated rings. The van der Waals surface area contributed by atoms with E-state index in [2.05, 4.69) is 40.0 Å². The number of fused-ring (bicyclic) bond motifs is 1. The van der Waals surface area contributed by atoms with Crippen LogP contribution in [0.15, 0.2) is 29.3 Å². The fourth-order valence-corrected chi connectivity index (χ4v) is 2.52. The third-order valence-corrected chi connectivity index (χ3v) is 3.68. The van der Waals surface area contributed by atoms with Crippen LogP contribution >= 0.6 is 0 Å². The molecule has 4 heteroatoms. The van der Waals surface area contributed by atoms with Gasteiger partial charge in [-0.3, -0.25) is 5.43 Å². The Morgan fingerprint density at radius 1 is 1.17 bits per heavy atom. The number of nitrogens with zero attached hydrogens (tertiary/aromatic N) is 1. The third-order valence-electron chi connectivity index (χ3n) is 3.68. The number of aryl methyl sites for hydroxylation is 1. The van der Waals surface area contributed by atoms with Crippen molar-refractivity contribution < 1.29 is 0 Å². The lowest BCUT2D eigenvalue weighted by atomic mass is 9.88. The van der Waals surface area contributed by atoms with E-state index in [9.17, 15) is 0 Å². The number of guanidine groups is 1. The average Bonchev–Trinajstić information content (AvgIpc) is 3.22. The van der Waals surface area contributed by atoms with Crippen LogP contribution in [0.2, 0.25) is 0 Å². The Morgan fingerprint density at radius 2 is 1.94 bits per heavy atom. The van der Waals surface area contributed by atoms with Crippen LogP contribution in [-0.4, -0.2) is 18.0 Å².